The molecule has 0 bridgehead atoms. The summed E-state index contributed by atoms with van der Waals surface area (Å²) in [5.74, 6) is -0.856. The lowest BCUT2D eigenvalue weighted by atomic mass is 9.86. The minimum atomic E-state index is -4.62. The Hall–Kier alpha value is -4.35. The van der Waals surface area contributed by atoms with Crippen LogP contribution in [0.3, 0.4) is 0 Å². The number of benzene rings is 2. The van der Waals surface area contributed by atoms with Crippen molar-refractivity contribution in [2.24, 2.45) is 0 Å². The number of likely N-dealkylation sites (N-methyl/N-ethyl adjacent to an activating group) is 1. The number of aromatic nitrogens is 2. The van der Waals surface area contributed by atoms with Crippen LogP contribution in [0.5, 0.6) is 5.75 Å². The van der Waals surface area contributed by atoms with Crippen LogP contribution in [-0.2, 0) is 22.8 Å². The standard InChI is InChI=1S/C26H22F3N3O6/c1-25(2)17-11-13(7-9-19(17)30(3)22(25)34)31-12-20(38-24(36)37)21(33)32(23(31)35)18-10-8-14-15(18)5-4-6-16(14)26(27,28)29/h4-7,9,11-12,18H,8,10H2,1-3H3,(H,36,37). The zero-order valence-corrected chi connectivity index (χ0v) is 20.5. The summed E-state index contributed by atoms with van der Waals surface area (Å²) in [6, 6.07) is 7.22. The van der Waals surface area contributed by atoms with Crippen LogP contribution in [0.2, 0.25) is 0 Å². The number of hydrogen-bond acceptors (Lipinski definition) is 5. The molecule has 198 valence electrons. The SMILES string of the molecule is CN1C(=O)C(C)(C)c2cc(-n3cc(OC(=O)O)c(=O)n(C4CCc5c4cccc5C(F)(F)F)c3=O)ccc21. The molecule has 1 unspecified atom stereocenters. The summed E-state index contributed by atoms with van der Waals surface area (Å²) in [5, 5.41) is 9.19. The monoisotopic (exact) mass is 529 g/mol. The van der Waals surface area contributed by atoms with E-state index in [0.29, 0.717) is 11.3 Å². The Balaban J connectivity index is 1.74. The van der Waals surface area contributed by atoms with Crippen molar-refractivity contribution in [3.05, 3.63) is 85.7 Å². The molecule has 1 N–H and O–H groups in total. The summed E-state index contributed by atoms with van der Waals surface area (Å²) >= 11 is 0. The third-order valence-electron chi connectivity index (χ3n) is 7.27. The van der Waals surface area contributed by atoms with Crippen molar-refractivity contribution in [3.8, 4) is 11.4 Å². The van der Waals surface area contributed by atoms with Crippen LogP contribution in [0, 0.1) is 0 Å². The van der Waals surface area contributed by atoms with Gasteiger partial charge in [-0.3, -0.25) is 14.2 Å². The zero-order valence-electron chi connectivity index (χ0n) is 20.5. The van der Waals surface area contributed by atoms with Gasteiger partial charge in [-0.1, -0.05) is 12.1 Å². The van der Waals surface area contributed by atoms with Crippen LogP contribution in [0.15, 0.2) is 52.2 Å². The Morgan fingerprint density at radius 3 is 2.50 bits per heavy atom. The fourth-order valence-electron chi connectivity index (χ4n) is 5.45. The highest BCUT2D eigenvalue weighted by molar-refractivity contribution is 6.07. The van der Waals surface area contributed by atoms with Crippen LogP contribution in [0.4, 0.5) is 23.7 Å². The van der Waals surface area contributed by atoms with Gasteiger partial charge in [0.05, 0.1) is 28.9 Å². The molecule has 1 aliphatic heterocycles. The number of rotatable bonds is 3. The molecule has 9 nitrogen and oxygen atoms in total. The van der Waals surface area contributed by atoms with Crippen molar-refractivity contribution in [2.45, 2.75) is 44.3 Å². The number of ether oxygens (including phenoxy) is 1. The molecule has 1 atom stereocenters. The second-order valence-electron chi connectivity index (χ2n) is 9.81. The highest BCUT2D eigenvalue weighted by atomic mass is 19.4. The van der Waals surface area contributed by atoms with Gasteiger partial charge in [-0.15, -0.1) is 0 Å². The van der Waals surface area contributed by atoms with Gasteiger partial charge in [0, 0.05) is 12.7 Å². The molecule has 1 aromatic heterocycles. The highest BCUT2D eigenvalue weighted by Crippen LogP contribution is 2.43. The van der Waals surface area contributed by atoms with E-state index in [1.54, 1.807) is 33.0 Å². The van der Waals surface area contributed by atoms with Crippen molar-refractivity contribution in [3.63, 3.8) is 0 Å². The van der Waals surface area contributed by atoms with E-state index >= 15 is 0 Å². The van der Waals surface area contributed by atoms with Crippen molar-refractivity contribution < 1.29 is 32.6 Å². The van der Waals surface area contributed by atoms with E-state index < -0.39 is 46.4 Å². The number of anilines is 1. The topological polar surface area (TPSA) is 111 Å². The van der Waals surface area contributed by atoms with Crippen molar-refractivity contribution in [2.75, 3.05) is 11.9 Å². The number of halogens is 3. The molecule has 2 aliphatic rings. The summed E-state index contributed by atoms with van der Waals surface area (Å²) < 4.78 is 47.2. The van der Waals surface area contributed by atoms with Gasteiger partial charge in [0.15, 0.2) is 0 Å². The van der Waals surface area contributed by atoms with Crippen molar-refractivity contribution in [1.29, 1.82) is 0 Å². The average molecular weight is 529 g/mol. The number of hydrogen-bond donors (Lipinski definition) is 1. The van der Waals surface area contributed by atoms with Crippen molar-refractivity contribution in [1.82, 2.24) is 9.13 Å². The fourth-order valence-corrected chi connectivity index (χ4v) is 5.45. The van der Waals surface area contributed by atoms with Crippen LogP contribution < -0.4 is 20.9 Å². The summed E-state index contributed by atoms with van der Waals surface area (Å²) in [6.45, 7) is 3.44. The van der Waals surface area contributed by atoms with Gasteiger partial charge in [0.2, 0.25) is 11.7 Å². The molecule has 2 heterocycles. The Morgan fingerprint density at radius 2 is 1.84 bits per heavy atom. The minimum absolute atomic E-state index is 0.0185. The molecule has 0 spiro atoms. The molecule has 38 heavy (non-hydrogen) atoms. The number of amides is 1. The maximum atomic E-state index is 13.7. The molecule has 12 heteroatoms. The Labute approximate surface area is 213 Å². The summed E-state index contributed by atoms with van der Waals surface area (Å²) in [7, 11) is 1.62. The van der Waals surface area contributed by atoms with E-state index in [9.17, 15) is 37.5 Å². The molecule has 0 saturated carbocycles. The highest BCUT2D eigenvalue weighted by Gasteiger charge is 2.43. The quantitative estimate of drug-likeness (QED) is 0.516. The number of fused-ring (bicyclic) bond motifs is 2. The van der Waals surface area contributed by atoms with Crippen LogP contribution in [0.25, 0.3) is 5.69 Å². The third-order valence-corrected chi connectivity index (χ3v) is 7.27. The van der Waals surface area contributed by atoms with E-state index in [0.717, 1.165) is 21.4 Å². The second kappa shape index (κ2) is 8.33. The van der Waals surface area contributed by atoms with Crippen LogP contribution >= 0.6 is 0 Å². The summed E-state index contributed by atoms with van der Waals surface area (Å²) in [4.78, 5) is 52.5. The minimum Gasteiger partial charge on any atom is -0.449 e. The average Bonchev–Trinajstić information content (AvgIpc) is 3.33. The Kier molecular flexibility index (Phi) is 5.55. The third kappa shape index (κ3) is 3.70. The molecular weight excluding hydrogens is 507 g/mol. The predicted molar refractivity (Wildman–Crippen MR) is 129 cm³/mol. The second-order valence-corrected chi connectivity index (χ2v) is 9.81. The lowest BCUT2D eigenvalue weighted by molar-refractivity contribution is -0.138. The van der Waals surface area contributed by atoms with Gasteiger partial charge in [-0.25, -0.2) is 14.2 Å². The first-order chi connectivity index (χ1) is 17.7. The number of carboxylic acid groups (broad SMARTS) is 1. The molecule has 2 aromatic carbocycles. The van der Waals surface area contributed by atoms with E-state index in [4.69, 9.17) is 0 Å². The lowest BCUT2D eigenvalue weighted by Gasteiger charge is -2.20. The summed E-state index contributed by atoms with van der Waals surface area (Å²) in [5.41, 5.74) is -2.16. The van der Waals surface area contributed by atoms with Gasteiger partial charge in [-0.2, -0.15) is 13.2 Å². The Bertz CT molecular complexity index is 1640. The normalized spacial score (nSPS) is 17.9. The summed E-state index contributed by atoms with van der Waals surface area (Å²) in [6.07, 6.45) is -5.50. The molecule has 1 aliphatic carbocycles. The van der Waals surface area contributed by atoms with E-state index in [2.05, 4.69) is 4.74 Å². The first-order valence-electron chi connectivity index (χ1n) is 11.6. The number of carbonyl (C=O) groups is 2. The molecule has 1 amide bonds. The van der Waals surface area contributed by atoms with Crippen LogP contribution in [-0.4, -0.2) is 33.4 Å². The maximum absolute atomic E-state index is 13.7. The Morgan fingerprint density at radius 1 is 1.13 bits per heavy atom. The van der Waals surface area contributed by atoms with Gasteiger partial charge >= 0.3 is 18.0 Å². The van der Waals surface area contributed by atoms with E-state index in [1.807, 2.05) is 0 Å². The first-order valence-corrected chi connectivity index (χ1v) is 11.6. The van der Waals surface area contributed by atoms with Gasteiger partial charge < -0.3 is 14.7 Å². The van der Waals surface area contributed by atoms with Crippen molar-refractivity contribution >= 4 is 17.7 Å². The first kappa shape index (κ1) is 25.3. The van der Waals surface area contributed by atoms with E-state index in [1.165, 1.54) is 23.1 Å². The molecular formula is C26H22F3N3O6. The maximum Gasteiger partial charge on any atom is 0.511 e. The lowest BCUT2D eigenvalue weighted by Crippen LogP contribution is -2.42. The molecule has 0 saturated heterocycles. The van der Waals surface area contributed by atoms with Gasteiger partial charge in [0.25, 0.3) is 5.56 Å². The molecule has 0 fully saturated rings. The molecule has 5 rings (SSSR count). The zero-order chi connectivity index (χ0) is 27.7. The van der Waals surface area contributed by atoms with Crippen LogP contribution in [0.1, 0.15) is 48.6 Å². The van der Waals surface area contributed by atoms with E-state index in [-0.39, 0.29) is 35.6 Å². The van der Waals surface area contributed by atoms with Gasteiger partial charge in [0.1, 0.15) is 0 Å². The fraction of sp³-hybridized carbons (Fsp3) is 0.308. The molecule has 0 radical (unpaired) electrons. The largest absolute Gasteiger partial charge is 0.511 e. The molecule has 3 aromatic rings. The van der Waals surface area contributed by atoms with Gasteiger partial charge in [-0.05, 0) is 67.6 Å². The predicted octanol–water partition coefficient (Wildman–Crippen LogP) is 3.86. The number of nitrogens with zero attached hydrogens (tertiary/aromatic N) is 3. The number of carbonyl (C=O) groups excluding carboxylic acids is 1. The smallest absolute Gasteiger partial charge is 0.449 e. The number of alkyl halides is 3.